The maximum atomic E-state index is 12.4. The third-order valence-corrected chi connectivity index (χ3v) is 3.59. The van der Waals surface area contributed by atoms with Crippen LogP contribution in [0.3, 0.4) is 0 Å². The van der Waals surface area contributed by atoms with E-state index in [0.29, 0.717) is 15.2 Å². The summed E-state index contributed by atoms with van der Waals surface area (Å²) in [6, 6.07) is 9.11. The second kappa shape index (κ2) is 6.81. The smallest absolute Gasteiger partial charge is 0.337 e. The van der Waals surface area contributed by atoms with Crippen molar-refractivity contribution < 1.29 is 19.4 Å². The van der Waals surface area contributed by atoms with Crippen LogP contribution in [0.1, 0.15) is 20.7 Å². The number of hydrogen-bond donors (Lipinski definition) is 2. The summed E-state index contributed by atoms with van der Waals surface area (Å²) in [5.74, 6) is -1.28. The van der Waals surface area contributed by atoms with Crippen molar-refractivity contribution in [3.8, 4) is 5.75 Å². The summed E-state index contributed by atoms with van der Waals surface area (Å²) in [6.45, 7) is 0. The number of aromatic carboxylic acids is 1. The van der Waals surface area contributed by atoms with Crippen molar-refractivity contribution in [2.45, 2.75) is 0 Å². The van der Waals surface area contributed by atoms with E-state index in [0.717, 1.165) is 0 Å². The monoisotopic (exact) mass is 383 g/mol. The van der Waals surface area contributed by atoms with Gasteiger partial charge in [-0.1, -0.05) is 27.5 Å². The standard InChI is InChI=1S/C15H11BrClNO4/c1-22-13-5-2-8(16)6-11(13)14(19)18-12-7-9(17)3-4-10(12)15(20)21/h2-7H,1H3,(H,18,19)(H,20,21). The molecule has 0 saturated heterocycles. The molecule has 0 bridgehead atoms. The summed E-state index contributed by atoms with van der Waals surface area (Å²) < 4.78 is 5.83. The van der Waals surface area contributed by atoms with Crippen LogP contribution in [0.15, 0.2) is 40.9 Å². The molecular weight excluding hydrogens is 374 g/mol. The molecule has 0 heterocycles. The molecule has 0 atom stereocenters. The summed E-state index contributed by atoms with van der Waals surface area (Å²) >= 11 is 9.14. The average molecular weight is 385 g/mol. The van der Waals surface area contributed by atoms with E-state index in [1.165, 1.54) is 25.3 Å². The summed E-state index contributed by atoms with van der Waals surface area (Å²) in [5, 5.41) is 12.0. The number of hydrogen-bond acceptors (Lipinski definition) is 3. The Morgan fingerprint density at radius 1 is 1.18 bits per heavy atom. The zero-order chi connectivity index (χ0) is 16.3. The Balaban J connectivity index is 2.39. The molecule has 0 unspecified atom stereocenters. The molecule has 2 aromatic carbocycles. The molecule has 2 N–H and O–H groups in total. The first-order valence-electron chi connectivity index (χ1n) is 6.10. The van der Waals surface area contributed by atoms with Crippen molar-refractivity contribution in [2.24, 2.45) is 0 Å². The zero-order valence-corrected chi connectivity index (χ0v) is 13.7. The Hall–Kier alpha value is -2.05. The molecule has 0 aliphatic carbocycles. The van der Waals surface area contributed by atoms with E-state index in [-0.39, 0.29) is 16.8 Å². The fourth-order valence-corrected chi connectivity index (χ4v) is 2.39. The van der Waals surface area contributed by atoms with Crippen LogP contribution >= 0.6 is 27.5 Å². The van der Waals surface area contributed by atoms with E-state index >= 15 is 0 Å². The van der Waals surface area contributed by atoms with Gasteiger partial charge in [0.2, 0.25) is 0 Å². The molecule has 114 valence electrons. The lowest BCUT2D eigenvalue weighted by molar-refractivity contribution is 0.0698. The number of nitrogens with one attached hydrogen (secondary N) is 1. The highest BCUT2D eigenvalue weighted by Gasteiger charge is 2.17. The van der Waals surface area contributed by atoms with Gasteiger partial charge in [-0.05, 0) is 36.4 Å². The number of anilines is 1. The van der Waals surface area contributed by atoms with Crippen LogP contribution in [0, 0.1) is 0 Å². The molecule has 1 amide bonds. The molecule has 22 heavy (non-hydrogen) atoms. The van der Waals surface area contributed by atoms with Crippen LogP contribution in [0.4, 0.5) is 5.69 Å². The highest BCUT2D eigenvalue weighted by atomic mass is 79.9. The maximum absolute atomic E-state index is 12.4. The lowest BCUT2D eigenvalue weighted by atomic mass is 10.1. The van der Waals surface area contributed by atoms with Crippen LogP contribution in [-0.4, -0.2) is 24.1 Å². The second-order valence-electron chi connectivity index (χ2n) is 4.29. The molecule has 0 saturated carbocycles. The van der Waals surface area contributed by atoms with Crippen LogP contribution in [0.5, 0.6) is 5.75 Å². The van der Waals surface area contributed by atoms with Crippen molar-refractivity contribution in [3.05, 3.63) is 57.0 Å². The number of amides is 1. The largest absolute Gasteiger partial charge is 0.496 e. The first kappa shape index (κ1) is 16.3. The van der Waals surface area contributed by atoms with E-state index < -0.39 is 11.9 Å². The van der Waals surface area contributed by atoms with Gasteiger partial charge in [0.25, 0.3) is 5.91 Å². The summed E-state index contributed by atoms with van der Waals surface area (Å²) in [5.41, 5.74) is 0.340. The van der Waals surface area contributed by atoms with Gasteiger partial charge in [-0.3, -0.25) is 4.79 Å². The molecule has 0 aliphatic rings. The molecule has 0 aliphatic heterocycles. The van der Waals surface area contributed by atoms with E-state index in [9.17, 15) is 9.59 Å². The van der Waals surface area contributed by atoms with E-state index in [2.05, 4.69) is 21.2 Å². The number of rotatable bonds is 4. The number of carboxylic acid groups (broad SMARTS) is 1. The van der Waals surface area contributed by atoms with Gasteiger partial charge in [0.15, 0.2) is 0 Å². The Kier molecular flexibility index (Phi) is 5.05. The predicted octanol–water partition coefficient (Wildman–Crippen LogP) is 4.06. The van der Waals surface area contributed by atoms with E-state index in [1.807, 2.05) is 0 Å². The van der Waals surface area contributed by atoms with Gasteiger partial charge in [-0.15, -0.1) is 0 Å². The highest BCUT2D eigenvalue weighted by Crippen LogP contribution is 2.26. The van der Waals surface area contributed by atoms with Gasteiger partial charge < -0.3 is 15.2 Å². The summed E-state index contributed by atoms with van der Waals surface area (Å²) in [7, 11) is 1.45. The highest BCUT2D eigenvalue weighted by molar-refractivity contribution is 9.10. The molecule has 0 fully saturated rings. The van der Waals surface area contributed by atoms with Crippen molar-refractivity contribution in [1.29, 1.82) is 0 Å². The topological polar surface area (TPSA) is 75.6 Å². The van der Waals surface area contributed by atoms with Gasteiger partial charge in [0.1, 0.15) is 5.75 Å². The fourth-order valence-electron chi connectivity index (χ4n) is 1.85. The van der Waals surface area contributed by atoms with Crippen LogP contribution in [0.25, 0.3) is 0 Å². The minimum absolute atomic E-state index is 0.0493. The minimum atomic E-state index is -1.16. The number of ether oxygens (including phenoxy) is 1. The number of carbonyl (C=O) groups is 2. The van der Waals surface area contributed by atoms with E-state index in [4.69, 9.17) is 21.4 Å². The summed E-state index contributed by atoms with van der Waals surface area (Å²) in [4.78, 5) is 23.6. The fraction of sp³-hybridized carbons (Fsp3) is 0.0667. The molecule has 0 spiro atoms. The lowest BCUT2D eigenvalue weighted by Crippen LogP contribution is -2.15. The van der Waals surface area contributed by atoms with Gasteiger partial charge >= 0.3 is 5.97 Å². The first-order chi connectivity index (χ1) is 10.4. The number of methoxy groups -OCH3 is 1. The minimum Gasteiger partial charge on any atom is -0.496 e. The SMILES string of the molecule is COc1ccc(Br)cc1C(=O)Nc1cc(Cl)ccc1C(=O)O. The number of benzene rings is 2. The Morgan fingerprint density at radius 2 is 1.91 bits per heavy atom. The maximum Gasteiger partial charge on any atom is 0.337 e. The van der Waals surface area contributed by atoms with Gasteiger partial charge in [-0.25, -0.2) is 4.79 Å². The number of carboxylic acids is 1. The number of carbonyl (C=O) groups excluding carboxylic acids is 1. The van der Waals surface area contributed by atoms with Crippen molar-refractivity contribution >= 4 is 45.1 Å². The Labute approximate surface area is 140 Å². The molecular formula is C15H11BrClNO4. The van der Waals surface area contributed by atoms with Gasteiger partial charge in [-0.2, -0.15) is 0 Å². The molecule has 2 rings (SSSR count). The molecule has 0 radical (unpaired) electrons. The normalized spacial score (nSPS) is 10.1. The van der Waals surface area contributed by atoms with Crippen LogP contribution in [0.2, 0.25) is 5.02 Å². The Morgan fingerprint density at radius 3 is 2.55 bits per heavy atom. The average Bonchev–Trinajstić information content (AvgIpc) is 2.46. The predicted molar refractivity (Wildman–Crippen MR) is 87.1 cm³/mol. The van der Waals surface area contributed by atoms with Crippen molar-refractivity contribution in [2.75, 3.05) is 12.4 Å². The quantitative estimate of drug-likeness (QED) is 0.833. The third kappa shape index (κ3) is 3.58. The number of halogens is 2. The zero-order valence-electron chi connectivity index (χ0n) is 11.4. The van der Waals surface area contributed by atoms with Crippen LogP contribution < -0.4 is 10.1 Å². The van der Waals surface area contributed by atoms with Crippen molar-refractivity contribution in [1.82, 2.24) is 0 Å². The third-order valence-electron chi connectivity index (χ3n) is 2.87. The molecule has 7 heteroatoms. The van der Waals surface area contributed by atoms with E-state index in [1.54, 1.807) is 18.2 Å². The molecule has 0 aromatic heterocycles. The van der Waals surface area contributed by atoms with Gasteiger partial charge in [0, 0.05) is 9.50 Å². The lowest BCUT2D eigenvalue weighted by Gasteiger charge is -2.12. The summed E-state index contributed by atoms with van der Waals surface area (Å²) in [6.07, 6.45) is 0. The van der Waals surface area contributed by atoms with Gasteiger partial charge in [0.05, 0.1) is 23.9 Å². The first-order valence-corrected chi connectivity index (χ1v) is 7.27. The molecule has 5 nitrogen and oxygen atoms in total. The second-order valence-corrected chi connectivity index (χ2v) is 5.65. The Bertz CT molecular complexity index is 748. The molecule has 2 aromatic rings. The van der Waals surface area contributed by atoms with Crippen LogP contribution in [-0.2, 0) is 0 Å². The van der Waals surface area contributed by atoms with Crippen molar-refractivity contribution in [3.63, 3.8) is 0 Å².